The van der Waals surface area contributed by atoms with Crippen molar-refractivity contribution in [3.8, 4) is 0 Å². The monoisotopic (exact) mass is 425 g/mol. The lowest BCUT2D eigenvalue weighted by molar-refractivity contribution is -0.141. The summed E-state index contributed by atoms with van der Waals surface area (Å²) in [5.74, 6) is -0.514. The standard InChI is InChI=1S/C20H21F3N2O3S/c21-20(22,23)18-6-5-15(10-25-18)16(7-12-1-2-12)9-14-4-3-13(11-29(27)28)8-17(14)19(24)26/h3-6,8,10,12,16H,1-2,7,9,11H2,(H2,24,26)(H,27,28)/p-1. The zero-order chi connectivity index (χ0) is 21.2. The maximum atomic E-state index is 12.8. The lowest BCUT2D eigenvalue weighted by Gasteiger charge is -2.20. The minimum Gasteiger partial charge on any atom is -0.772 e. The van der Waals surface area contributed by atoms with Crippen molar-refractivity contribution < 1.29 is 26.7 Å². The summed E-state index contributed by atoms with van der Waals surface area (Å²) in [6, 6.07) is 7.15. The Morgan fingerprint density at radius 3 is 2.52 bits per heavy atom. The number of benzene rings is 1. The molecule has 0 saturated heterocycles. The third kappa shape index (κ3) is 5.86. The van der Waals surface area contributed by atoms with Crippen LogP contribution in [0.4, 0.5) is 13.2 Å². The minimum atomic E-state index is -4.50. The van der Waals surface area contributed by atoms with Crippen LogP contribution in [0.5, 0.6) is 0 Å². The number of carbonyl (C=O) groups excluding carboxylic acids is 1. The van der Waals surface area contributed by atoms with Gasteiger partial charge in [0.25, 0.3) is 0 Å². The summed E-state index contributed by atoms with van der Waals surface area (Å²) in [4.78, 5) is 15.5. The number of nitrogens with zero attached hydrogens (tertiary/aromatic N) is 1. The van der Waals surface area contributed by atoms with Crippen molar-refractivity contribution in [2.75, 3.05) is 0 Å². The maximum Gasteiger partial charge on any atom is 0.433 e. The highest BCUT2D eigenvalue weighted by Crippen LogP contribution is 2.40. The fourth-order valence-corrected chi connectivity index (χ4v) is 3.88. The molecule has 3 rings (SSSR count). The van der Waals surface area contributed by atoms with E-state index >= 15 is 0 Å². The molecule has 1 heterocycles. The first-order valence-electron chi connectivity index (χ1n) is 9.14. The number of nitrogens with two attached hydrogens (primary N) is 1. The van der Waals surface area contributed by atoms with E-state index in [1.807, 2.05) is 0 Å². The summed E-state index contributed by atoms with van der Waals surface area (Å²) in [6.45, 7) is 0. The summed E-state index contributed by atoms with van der Waals surface area (Å²) in [5.41, 5.74) is 6.53. The van der Waals surface area contributed by atoms with Gasteiger partial charge in [-0.2, -0.15) is 13.2 Å². The van der Waals surface area contributed by atoms with Crippen molar-refractivity contribution in [1.29, 1.82) is 0 Å². The molecule has 1 aromatic heterocycles. The van der Waals surface area contributed by atoms with Crippen molar-refractivity contribution in [1.82, 2.24) is 4.98 Å². The molecule has 0 aliphatic heterocycles. The number of hydrogen-bond donors (Lipinski definition) is 1. The van der Waals surface area contributed by atoms with E-state index < -0.39 is 28.9 Å². The van der Waals surface area contributed by atoms with Gasteiger partial charge in [0.2, 0.25) is 5.91 Å². The Morgan fingerprint density at radius 2 is 2.00 bits per heavy atom. The van der Waals surface area contributed by atoms with Crippen LogP contribution < -0.4 is 5.73 Å². The molecule has 1 saturated carbocycles. The van der Waals surface area contributed by atoms with Crippen LogP contribution >= 0.6 is 0 Å². The molecule has 0 bridgehead atoms. The lowest BCUT2D eigenvalue weighted by Crippen LogP contribution is -2.17. The molecular weight excluding hydrogens is 405 g/mol. The molecule has 1 aliphatic carbocycles. The molecule has 5 nitrogen and oxygen atoms in total. The number of carbonyl (C=O) groups is 1. The van der Waals surface area contributed by atoms with Crippen molar-refractivity contribution in [2.45, 2.75) is 43.5 Å². The normalized spacial score (nSPS) is 16.4. The van der Waals surface area contributed by atoms with Gasteiger partial charge >= 0.3 is 6.18 Å². The van der Waals surface area contributed by atoms with E-state index in [0.717, 1.165) is 25.3 Å². The molecule has 1 aliphatic rings. The van der Waals surface area contributed by atoms with E-state index in [0.29, 0.717) is 29.0 Å². The van der Waals surface area contributed by atoms with Crippen molar-refractivity contribution in [3.63, 3.8) is 0 Å². The zero-order valence-corrected chi connectivity index (χ0v) is 16.3. The molecule has 2 N–H and O–H groups in total. The number of alkyl halides is 3. The average Bonchev–Trinajstić information content (AvgIpc) is 3.45. The molecule has 1 amide bonds. The molecule has 9 heteroatoms. The number of amides is 1. The highest BCUT2D eigenvalue weighted by atomic mass is 32.2. The van der Waals surface area contributed by atoms with E-state index in [1.165, 1.54) is 18.3 Å². The number of aromatic nitrogens is 1. The molecule has 1 aromatic carbocycles. The van der Waals surface area contributed by atoms with E-state index in [4.69, 9.17) is 5.73 Å². The molecule has 29 heavy (non-hydrogen) atoms. The maximum absolute atomic E-state index is 12.8. The summed E-state index contributed by atoms with van der Waals surface area (Å²) >= 11 is -2.30. The molecule has 2 aromatic rings. The molecule has 156 valence electrons. The van der Waals surface area contributed by atoms with Gasteiger partial charge in [0, 0.05) is 17.5 Å². The first-order chi connectivity index (χ1) is 13.6. The molecule has 0 spiro atoms. The summed E-state index contributed by atoms with van der Waals surface area (Å²) in [7, 11) is 0. The highest BCUT2D eigenvalue weighted by molar-refractivity contribution is 7.78. The fourth-order valence-electron chi connectivity index (χ4n) is 3.43. The van der Waals surface area contributed by atoms with E-state index in [-0.39, 0.29) is 17.2 Å². The van der Waals surface area contributed by atoms with Gasteiger partial charge in [0.15, 0.2) is 0 Å². The lowest BCUT2D eigenvalue weighted by atomic mass is 9.86. The van der Waals surface area contributed by atoms with Crippen LogP contribution in [0.3, 0.4) is 0 Å². The summed E-state index contributed by atoms with van der Waals surface area (Å²) in [6.07, 6.45) is 0.0685. The van der Waals surface area contributed by atoms with Crippen LogP contribution in [-0.4, -0.2) is 19.7 Å². The zero-order valence-electron chi connectivity index (χ0n) is 15.4. The quantitative estimate of drug-likeness (QED) is 0.652. The topological polar surface area (TPSA) is 96.1 Å². The molecule has 2 unspecified atom stereocenters. The van der Waals surface area contributed by atoms with Crippen LogP contribution in [-0.2, 0) is 29.4 Å². The molecule has 1 fully saturated rings. The van der Waals surface area contributed by atoms with E-state index in [9.17, 15) is 26.7 Å². The van der Waals surface area contributed by atoms with Crippen molar-refractivity contribution in [2.24, 2.45) is 11.7 Å². The third-order valence-corrected chi connectivity index (χ3v) is 5.62. The van der Waals surface area contributed by atoms with Crippen molar-refractivity contribution in [3.05, 3.63) is 64.5 Å². The highest BCUT2D eigenvalue weighted by Gasteiger charge is 2.33. The Hall–Kier alpha value is -2.26. The molecule has 0 radical (unpaired) electrons. The Bertz CT molecular complexity index is 912. The number of hydrogen-bond acceptors (Lipinski definition) is 4. The Morgan fingerprint density at radius 1 is 1.28 bits per heavy atom. The van der Waals surface area contributed by atoms with Gasteiger partial charge < -0.3 is 10.3 Å². The van der Waals surface area contributed by atoms with Crippen LogP contribution in [0.2, 0.25) is 0 Å². The summed E-state index contributed by atoms with van der Waals surface area (Å²) in [5, 5.41) is 0. The van der Waals surface area contributed by atoms with Gasteiger partial charge in [0.1, 0.15) is 5.69 Å². The second kappa shape index (κ2) is 8.62. The van der Waals surface area contributed by atoms with Gasteiger partial charge in [-0.25, -0.2) is 0 Å². The van der Waals surface area contributed by atoms with Gasteiger partial charge in [-0.05, 0) is 53.5 Å². The van der Waals surface area contributed by atoms with Gasteiger partial charge in [-0.1, -0.05) is 42.1 Å². The van der Waals surface area contributed by atoms with Crippen LogP contribution in [0.25, 0.3) is 0 Å². The average molecular weight is 425 g/mol. The SMILES string of the molecule is NC(=O)c1cc(CS(=O)[O-])ccc1CC(CC1CC1)c1ccc(C(F)(F)F)nc1. The van der Waals surface area contributed by atoms with E-state index in [1.54, 1.807) is 12.1 Å². The Balaban J connectivity index is 1.88. The number of halogens is 3. The second-order valence-electron chi connectivity index (χ2n) is 7.36. The Kier molecular flexibility index (Phi) is 6.38. The minimum absolute atomic E-state index is 0.116. The van der Waals surface area contributed by atoms with Gasteiger partial charge in [-0.15, -0.1) is 0 Å². The molecule has 2 atom stereocenters. The largest absolute Gasteiger partial charge is 0.772 e. The predicted octanol–water partition coefficient (Wildman–Crippen LogP) is 3.70. The summed E-state index contributed by atoms with van der Waals surface area (Å²) < 4.78 is 60.2. The van der Waals surface area contributed by atoms with Crippen LogP contribution in [0, 0.1) is 5.92 Å². The third-order valence-electron chi connectivity index (χ3n) is 5.05. The number of rotatable bonds is 8. The number of pyridine rings is 1. The first kappa shape index (κ1) is 21.4. The van der Waals surface area contributed by atoms with Gasteiger partial charge in [0.05, 0.1) is 0 Å². The fraction of sp³-hybridized carbons (Fsp3) is 0.400. The predicted molar refractivity (Wildman–Crippen MR) is 101 cm³/mol. The van der Waals surface area contributed by atoms with Gasteiger partial charge in [-0.3, -0.25) is 14.0 Å². The van der Waals surface area contributed by atoms with Crippen molar-refractivity contribution >= 4 is 17.0 Å². The smallest absolute Gasteiger partial charge is 0.433 e. The van der Waals surface area contributed by atoms with Crippen LogP contribution in [0.15, 0.2) is 36.5 Å². The van der Waals surface area contributed by atoms with Crippen LogP contribution in [0.1, 0.15) is 57.9 Å². The number of primary amides is 1. The first-order valence-corrected chi connectivity index (χ1v) is 10.4. The molecular formula is C20H20F3N2O3S-. The van der Waals surface area contributed by atoms with E-state index in [2.05, 4.69) is 4.98 Å². The Labute approximate surface area is 168 Å². The second-order valence-corrected chi connectivity index (χ2v) is 8.25.